The molecule has 1 aliphatic rings. The zero-order valence-corrected chi connectivity index (χ0v) is 15.1. The lowest BCUT2D eigenvalue weighted by Gasteiger charge is -2.24. The normalized spacial score (nSPS) is 16.6. The maximum absolute atomic E-state index is 12.4. The molecule has 6 heteroatoms. The van der Waals surface area contributed by atoms with E-state index in [2.05, 4.69) is 10.6 Å². The summed E-state index contributed by atoms with van der Waals surface area (Å²) in [6.45, 7) is 0. The molecule has 2 unspecified atom stereocenters. The lowest BCUT2D eigenvalue weighted by molar-refractivity contribution is -0.145. The number of methoxy groups -OCH3 is 1. The largest absolute Gasteiger partial charge is 0.467 e. The average molecular weight is 366 g/mol. The summed E-state index contributed by atoms with van der Waals surface area (Å²) in [5.74, 6) is -1.16. The molecule has 2 amide bonds. The monoisotopic (exact) mass is 366 g/mol. The van der Waals surface area contributed by atoms with Crippen LogP contribution in [0.3, 0.4) is 0 Å². The molecule has 2 atom stereocenters. The standard InChI is InChI=1S/C21H22N2O4/c1-27-21(26)19(14-7-3-2-4-8-14)23-18(24)12-11-16-13-15-9-5-6-10-17(15)22-20(16)25/h2-10,16,19H,11-13H2,1H3,(H,22,25)(H,23,24). The van der Waals surface area contributed by atoms with E-state index in [-0.39, 0.29) is 24.2 Å². The Balaban J connectivity index is 1.60. The second-order valence-electron chi connectivity index (χ2n) is 6.52. The fourth-order valence-electron chi connectivity index (χ4n) is 3.23. The van der Waals surface area contributed by atoms with Crippen LogP contribution in [0, 0.1) is 5.92 Å². The van der Waals surface area contributed by atoms with Gasteiger partial charge in [0.05, 0.1) is 7.11 Å². The first kappa shape index (κ1) is 18.6. The first-order valence-corrected chi connectivity index (χ1v) is 8.89. The Morgan fingerprint density at radius 2 is 1.85 bits per heavy atom. The second kappa shape index (κ2) is 8.49. The molecular formula is C21H22N2O4. The molecule has 1 heterocycles. The Labute approximate surface area is 157 Å². The number of ether oxygens (including phenoxy) is 1. The average Bonchev–Trinajstić information content (AvgIpc) is 2.70. The van der Waals surface area contributed by atoms with Crippen LogP contribution in [-0.2, 0) is 25.5 Å². The maximum Gasteiger partial charge on any atom is 0.333 e. The third kappa shape index (κ3) is 4.53. The third-order valence-corrected chi connectivity index (χ3v) is 4.71. The lowest BCUT2D eigenvalue weighted by Crippen LogP contribution is -2.36. The number of fused-ring (bicyclic) bond motifs is 1. The third-order valence-electron chi connectivity index (χ3n) is 4.71. The summed E-state index contributed by atoms with van der Waals surface area (Å²) < 4.78 is 4.80. The number of nitrogens with one attached hydrogen (secondary N) is 2. The van der Waals surface area contributed by atoms with Crippen LogP contribution in [0.4, 0.5) is 5.69 Å². The number of rotatable bonds is 6. The van der Waals surface area contributed by atoms with Crippen molar-refractivity contribution in [2.24, 2.45) is 5.92 Å². The van der Waals surface area contributed by atoms with Gasteiger partial charge in [-0.2, -0.15) is 0 Å². The molecule has 0 aliphatic carbocycles. The first-order valence-electron chi connectivity index (χ1n) is 8.89. The molecule has 2 N–H and O–H groups in total. The molecule has 0 bridgehead atoms. The van der Waals surface area contributed by atoms with Gasteiger partial charge in [-0.1, -0.05) is 48.5 Å². The number of para-hydroxylation sites is 1. The zero-order chi connectivity index (χ0) is 19.2. The van der Waals surface area contributed by atoms with Gasteiger partial charge in [-0.15, -0.1) is 0 Å². The fraction of sp³-hybridized carbons (Fsp3) is 0.286. The summed E-state index contributed by atoms with van der Waals surface area (Å²) in [6, 6.07) is 15.7. The number of carbonyl (C=O) groups excluding carboxylic acids is 3. The number of benzene rings is 2. The number of amides is 2. The molecule has 6 nitrogen and oxygen atoms in total. The molecule has 27 heavy (non-hydrogen) atoms. The Hall–Kier alpha value is -3.15. The van der Waals surface area contributed by atoms with Crippen LogP contribution in [-0.4, -0.2) is 24.9 Å². The van der Waals surface area contributed by atoms with Crippen molar-refractivity contribution >= 4 is 23.5 Å². The number of anilines is 1. The van der Waals surface area contributed by atoms with Crippen LogP contribution >= 0.6 is 0 Å². The molecule has 2 aromatic carbocycles. The van der Waals surface area contributed by atoms with Crippen LogP contribution < -0.4 is 10.6 Å². The highest BCUT2D eigenvalue weighted by Crippen LogP contribution is 2.27. The molecule has 0 spiro atoms. The smallest absolute Gasteiger partial charge is 0.333 e. The molecule has 2 aromatic rings. The second-order valence-corrected chi connectivity index (χ2v) is 6.52. The van der Waals surface area contributed by atoms with E-state index >= 15 is 0 Å². The predicted octanol–water partition coefficient (Wildman–Crippen LogP) is 2.61. The summed E-state index contributed by atoms with van der Waals surface area (Å²) in [4.78, 5) is 36.7. The van der Waals surface area contributed by atoms with Gasteiger partial charge in [-0.25, -0.2) is 4.79 Å². The van der Waals surface area contributed by atoms with Crippen molar-refractivity contribution in [2.45, 2.75) is 25.3 Å². The quantitative estimate of drug-likeness (QED) is 0.770. The van der Waals surface area contributed by atoms with E-state index in [1.54, 1.807) is 24.3 Å². The van der Waals surface area contributed by atoms with Crippen LogP contribution in [0.1, 0.15) is 30.0 Å². The number of hydrogen-bond donors (Lipinski definition) is 2. The van der Waals surface area contributed by atoms with Gasteiger partial charge in [-0.3, -0.25) is 9.59 Å². The van der Waals surface area contributed by atoms with Crippen molar-refractivity contribution < 1.29 is 19.1 Å². The van der Waals surface area contributed by atoms with Gasteiger partial charge < -0.3 is 15.4 Å². The number of esters is 1. The minimum absolute atomic E-state index is 0.0749. The molecule has 0 radical (unpaired) electrons. The topological polar surface area (TPSA) is 84.5 Å². The summed E-state index contributed by atoms with van der Waals surface area (Å²) in [5.41, 5.74) is 2.55. The van der Waals surface area contributed by atoms with Crippen molar-refractivity contribution in [1.29, 1.82) is 0 Å². The van der Waals surface area contributed by atoms with Gasteiger partial charge in [-0.05, 0) is 30.0 Å². The van der Waals surface area contributed by atoms with E-state index in [0.29, 0.717) is 18.4 Å². The summed E-state index contributed by atoms with van der Waals surface area (Å²) >= 11 is 0. The van der Waals surface area contributed by atoms with Gasteiger partial charge in [0.1, 0.15) is 0 Å². The van der Waals surface area contributed by atoms with Crippen LogP contribution in [0.25, 0.3) is 0 Å². The Bertz CT molecular complexity index is 835. The van der Waals surface area contributed by atoms with E-state index in [1.165, 1.54) is 7.11 Å². The van der Waals surface area contributed by atoms with Crippen LogP contribution in [0.5, 0.6) is 0 Å². The summed E-state index contributed by atoms with van der Waals surface area (Å²) in [7, 11) is 1.29. The van der Waals surface area contributed by atoms with E-state index in [4.69, 9.17) is 4.74 Å². The van der Waals surface area contributed by atoms with Crippen molar-refractivity contribution in [3.8, 4) is 0 Å². The molecule has 1 aliphatic heterocycles. The van der Waals surface area contributed by atoms with Gasteiger partial charge in [0.2, 0.25) is 11.8 Å². The Kier molecular flexibility index (Phi) is 5.86. The maximum atomic E-state index is 12.4. The van der Waals surface area contributed by atoms with Gasteiger partial charge in [0.25, 0.3) is 0 Å². The van der Waals surface area contributed by atoms with Crippen molar-refractivity contribution in [3.05, 3.63) is 65.7 Å². The first-order chi connectivity index (χ1) is 13.1. The molecule has 0 saturated heterocycles. The van der Waals surface area contributed by atoms with E-state index in [1.807, 2.05) is 30.3 Å². The van der Waals surface area contributed by atoms with Gasteiger partial charge in [0, 0.05) is 18.0 Å². The predicted molar refractivity (Wildman–Crippen MR) is 101 cm³/mol. The minimum atomic E-state index is -0.857. The van der Waals surface area contributed by atoms with Crippen molar-refractivity contribution in [3.63, 3.8) is 0 Å². The molecule has 0 aromatic heterocycles. The molecule has 140 valence electrons. The van der Waals surface area contributed by atoms with Crippen molar-refractivity contribution in [2.75, 3.05) is 12.4 Å². The summed E-state index contributed by atoms with van der Waals surface area (Å²) in [5, 5.41) is 5.60. The molecule has 3 rings (SSSR count). The number of hydrogen-bond acceptors (Lipinski definition) is 4. The lowest BCUT2D eigenvalue weighted by atomic mass is 9.89. The fourth-order valence-corrected chi connectivity index (χ4v) is 3.23. The van der Waals surface area contributed by atoms with Crippen molar-refractivity contribution in [1.82, 2.24) is 5.32 Å². The highest BCUT2D eigenvalue weighted by Gasteiger charge is 2.28. The Morgan fingerprint density at radius 3 is 2.59 bits per heavy atom. The summed E-state index contributed by atoms with van der Waals surface area (Å²) in [6.07, 6.45) is 1.17. The van der Waals surface area contributed by atoms with E-state index in [9.17, 15) is 14.4 Å². The van der Waals surface area contributed by atoms with E-state index < -0.39 is 12.0 Å². The minimum Gasteiger partial charge on any atom is -0.467 e. The van der Waals surface area contributed by atoms with Crippen LogP contribution in [0.2, 0.25) is 0 Å². The number of carbonyl (C=O) groups is 3. The van der Waals surface area contributed by atoms with Gasteiger partial charge >= 0.3 is 5.97 Å². The zero-order valence-electron chi connectivity index (χ0n) is 15.1. The molecule has 0 fully saturated rings. The Morgan fingerprint density at radius 1 is 1.15 bits per heavy atom. The van der Waals surface area contributed by atoms with E-state index in [0.717, 1.165) is 11.3 Å². The molecular weight excluding hydrogens is 344 g/mol. The highest BCUT2D eigenvalue weighted by atomic mass is 16.5. The van der Waals surface area contributed by atoms with Crippen LogP contribution in [0.15, 0.2) is 54.6 Å². The highest BCUT2D eigenvalue weighted by molar-refractivity contribution is 5.96. The molecule has 0 saturated carbocycles. The SMILES string of the molecule is COC(=O)C(NC(=O)CCC1Cc2ccccc2NC1=O)c1ccccc1. The van der Waals surface area contributed by atoms with Gasteiger partial charge in [0.15, 0.2) is 6.04 Å².